The van der Waals surface area contributed by atoms with E-state index in [1.165, 1.54) is 0 Å². The Morgan fingerprint density at radius 3 is 2.89 bits per heavy atom. The summed E-state index contributed by atoms with van der Waals surface area (Å²) in [6.45, 7) is 1.68. The fourth-order valence-corrected chi connectivity index (χ4v) is 2.58. The van der Waals surface area contributed by atoms with Crippen molar-refractivity contribution in [3.63, 3.8) is 0 Å². The first kappa shape index (κ1) is 14.9. The SMILES string of the molecule is CC(O)/C=C\C[C@H]1C(=O)CC[C@@H]1CCCC(=O)O. The molecule has 18 heavy (non-hydrogen) atoms. The van der Waals surface area contributed by atoms with Gasteiger partial charge in [-0.15, -0.1) is 0 Å². The fraction of sp³-hybridized carbons (Fsp3) is 0.714. The lowest BCUT2D eigenvalue weighted by atomic mass is 9.88. The first-order valence-corrected chi connectivity index (χ1v) is 6.60. The molecule has 0 amide bonds. The van der Waals surface area contributed by atoms with E-state index in [0.29, 0.717) is 25.2 Å². The van der Waals surface area contributed by atoms with Gasteiger partial charge in [0.05, 0.1) is 6.10 Å². The summed E-state index contributed by atoms with van der Waals surface area (Å²) in [5.74, 6) is -0.153. The summed E-state index contributed by atoms with van der Waals surface area (Å²) in [5.41, 5.74) is 0. The molecule has 102 valence electrons. The van der Waals surface area contributed by atoms with Gasteiger partial charge in [0.1, 0.15) is 5.78 Å². The second-order valence-corrected chi connectivity index (χ2v) is 5.06. The van der Waals surface area contributed by atoms with Crippen molar-refractivity contribution in [1.29, 1.82) is 0 Å². The summed E-state index contributed by atoms with van der Waals surface area (Å²) in [7, 11) is 0. The van der Waals surface area contributed by atoms with E-state index >= 15 is 0 Å². The van der Waals surface area contributed by atoms with Crippen molar-refractivity contribution in [2.45, 2.75) is 51.6 Å². The van der Waals surface area contributed by atoms with Crippen LogP contribution in [0.5, 0.6) is 0 Å². The van der Waals surface area contributed by atoms with Crippen molar-refractivity contribution >= 4 is 11.8 Å². The van der Waals surface area contributed by atoms with Crippen LogP contribution in [0.25, 0.3) is 0 Å². The maximum absolute atomic E-state index is 11.7. The molecule has 0 aromatic heterocycles. The lowest BCUT2D eigenvalue weighted by molar-refractivity contribution is -0.137. The smallest absolute Gasteiger partial charge is 0.303 e. The third-order valence-corrected chi connectivity index (χ3v) is 3.51. The van der Waals surface area contributed by atoms with Crippen molar-refractivity contribution < 1.29 is 19.8 Å². The molecule has 0 heterocycles. The Bertz CT molecular complexity index is 320. The number of hydrogen-bond donors (Lipinski definition) is 2. The number of allylic oxidation sites excluding steroid dienone is 1. The largest absolute Gasteiger partial charge is 0.481 e. The topological polar surface area (TPSA) is 74.6 Å². The molecule has 1 aliphatic carbocycles. The van der Waals surface area contributed by atoms with Gasteiger partial charge in [-0.1, -0.05) is 12.2 Å². The highest BCUT2D eigenvalue weighted by atomic mass is 16.4. The standard InChI is InChI=1S/C14H22O4/c1-10(15)4-2-6-12-11(8-9-13(12)16)5-3-7-14(17)18/h2,4,10-12,15H,3,5-9H2,1H3,(H,17,18)/b4-2-/t10?,11-,12+/m0/s1. The first-order valence-electron chi connectivity index (χ1n) is 6.60. The minimum atomic E-state index is -0.773. The van der Waals surface area contributed by atoms with Crippen molar-refractivity contribution in [1.82, 2.24) is 0 Å². The average Bonchev–Trinajstić information content (AvgIpc) is 2.60. The van der Waals surface area contributed by atoms with Gasteiger partial charge in [-0.05, 0) is 38.5 Å². The predicted octanol–water partition coefficient (Wildman–Crippen LogP) is 2.16. The van der Waals surface area contributed by atoms with Crippen LogP contribution in [-0.2, 0) is 9.59 Å². The second-order valence-electron chi connectivity index (χ2n) is 5.06. The molecule has 0 aromatic carbocycles. The van der Waals surface area contributed by atoms with E-state index in [1.54, 1.807) is 13.0 Å². The van der Waals surface area contributed by atoms with Crippen molar-refractivity contribution in [2.24, 2.45) is 11.8 Å². The molecule has 0 spiro atoms. The number of carboxylic acid groups (broad SMARTS) is 1. The van der Waals surface area contributed by atoms with Gasteiger partial charge in [0, 0.05) is 18.8 Å². The van der Waals surface area contributed by atoms with E-state index in [0.717, 1.165) is 12.8 Å². The molecule has 0 saturated heterocycles. The van der Waals surface area contributed by atoms with Gasteiger partial charge in [-0.2, -0.15) is 0 Å². The summed E-state index contributed by atoms with van der Waals surface area (Å²) < 4.78 is 0. The number of Topliss-reactive ketones (excluding diaryl/α,β-unsaturated/α-hetero) is 1. The summed E-state index contributed by atoms with van der Waals surface area (Å²) >= 11 is 0. The Morgan fingerprint density at radius 1 is 1.56 bits per heavy atom. The van der Waals surface area contributed by atoms with Gasteiger partial charge < -0.3 is 10.2 Å². The molecular weight excluding hydrogens is 232 g/mol. The van der Waals surface area contributed by atoms with Crippen molar-refractivity contribution in [3.8, 4) is 0 Å². The molecule has 1 fully saturated rings. The van der Waals surface area contributed by atoms with E-state index in [9.17, 15) is 9.59 Å². The second kappa shape index (κ2) is 7.31. The number of carbonyl (C=O) groups is 2. The molecule has 0 aromatic rings. The number of ketones is 1. The highest BCUT2D eigenvalue weighted by Crippen LogP contribution is 2.35. The normalized spacial score (nSPS) is 25.8. The maximum atomic E-state index is 11.7. The molecule has 0 bridgehead atoms. The first-order chi connectivity index (χ1) is 8.50. The zero-order chi connectivity index (χ0) is 13.5. The number of aliphatic carboxylic acids is 1. The Labute approximate surface area is 108 Å². The summed E-state index contributed by atoms with van der Waals surface area (Å²) in [6, 6.07) is 0. The van der Waals surface area contributed by atoms with Crippen LogP contribution in [0.4, 0.5) is 0 Å². The van der Waals surface area contributed by atoms with Crippen molar-refractivity contribution in [3.05, 3.63) is 12.2 Å². The zero-order valence-electron chi connectivity index (χ0n) is 10.8. The molecule has 1 rings (SSSR count). The van der Waals surface area contributed by atoms with E-state index in [1.807, 2.05) is 6.08 Å². The lowest BCUT2D eigenvalue weighted by Gasteiger charge is -2.16. The third-order valence-electron chi connectivity index (χ3n) is 3.51. The summed E-state index contributed by atoms with van der Waals surface area (Å²) in [6.07, 6.45) is 6.88. The summed E-state index contributed by atoms with van der Waals surface area (Å²) in [5, 5.41) is 17.7. The minimum absolute atomic E-state index is 0.0220. The van der Waals surface area contributed by atoms with Crippen LogP contribution >= 0.6 is 0 Å². The highest BCUT2D eigenvalue weighted by molar-refractivity contribution is 5.83. The van der Waals surface area contributed by atoms with Crippen molar-refractivity contribution in [2.75, 3.05) is 0 Å². The molecule has 1 aliphatic rings. The van der Waals surface area contributed by atoms with Crippen LogP contribution in [0.15, 0.2) is 12.2 Å². The van der Waals surface area contributed by atoms with E-state index in [-0.39, 0.29) is 18.1 Å². The Hall–Kier alpha value is -1.16. The fourth-order valence-electron chi connectivity index (χ4n) is 2.58. The van der Waals surface area contributed by atoms with Crippen LogP contribution in [-0.4, -0.2) is 28.1 Å². The van der Waals surface area contributed by atoms with E-state index in [2.05, 4.69) is 0 Å². The minimum Gasteiger partial charge on any atom is -0.481 e. The molecule has 1 saturated carbocycles. The monoisotopic (exact) mass is 254 g/mol. The number of rotatable bonds is 7. The number of carbonyl (C=O) groups excluding carboxylic acids is 1. The van der Waals surface area contributed by atoms with E-state index in [4.69, 9.17) is 10.2 Å². The molecular formula is C14H22O4. The Balaban J connectivity index is 2.41. The number of aliphatic hydroxyl groups is 1. The molecule has 1 unspecified atom stereocenters. The Kier molecular flexibility index (Phi) is 6.05. The predicted molar refractivity (Wildman–Crippen MR) is 68.1 cm³/mol. The van der Waals surface area contributed by atoms with Crippen LogP contribution in [0, 0.1) is 11.8 Å². The quantitative estimate of drug-likeness (QED) is 0.683. The van der Waals surface area contributed by atoms with Gasteiger partial charge in [0.2, 0.25) is 0 Å². The molecule has 2 N–H and O–H groups in total. The molecule has 0 aliphatic heterocycles. The summed E-state index contributed by atoms with van der Waals surface area (Å²) in [4.78, 5) is 22.2. The molecule has 4 nitrogen and oxygen atoms in total. The number of carboxylic acids is 1. The lowest BCUT2D eigenvalue weighted by Crippen LogP contribution is -2.14. The third kappa shape index (κ3) is 5.00. The molecule has 4 heteroatoms. The van der Waals surface area contributed by atoms with Crippen LogP contribution in [0.1, 0.15) is 45.4 Å². The number of aliphatic hydroxyl groups excluding tert-OH is 1. The zero-order valence-corrected chi connectivity index (χ0v) is 10.8. The molecule has 0 radical (unpaired) electrons. The average molecular weight is 254 g/mol. The molecule has 3 atom stereocenters. The van der Waals surface area contributed by atoms with E-state index < -0.39 is 12.1 Å². The van der Waals surface area contributed by atoms with Gasteiger partial charge >= 0.3 is 5.97 Å². The van der Waals surface area contributed by atoms with Gasteiger partial charge in [0.25, 0.3) is 0 Å². The van der Waals surface area contributed by atoms with Crippen LogP contribution in [0.3, 0.4) is 0 Å². The van der Waals surface area contributed by atoms with Crippen LogP contribution < -0.4 is 0 Å². The van der Waals surface area contributed by atoms with Gasteiger partial charge in [-0.25, -0.2) is 0 Å². The number of hydrogen-bond acceptors (Lipinski definition) is 3. The maximum Gasteiger partial charge on any atom is 0.303 e. The van der Waals surface area contributed by atoms with Gasteiger partial charge in [0.15, 0.2) is 0 Å². The Morgan fingerprint density at radius 2 is 2.28 bits per heavy atom. The highest BCUT2D eigenvalue weighted by Gasteiger charge is 2.33. The van der Waals surface area contributed by atoms with Gasteiger partial charge in [-0.3, -0.25) is 9.59 Å². The van der Waals surface area contributed by atoms with Crippen LogP contribution in [0.2, 0.25) is 0 Å².